The molecule has 2 fully saturated rings. The molecule has 1 unspecified atom stereocenters. The van der Waals surface area contributed by atoms with Gasteiger partial charge in [0.2, 0.25) is 11.8 Å². The Morgan fingerprint density at radius 2 is 2.06 bits per heavy atom. The van der Waals surface area contributed by atoms with Gasteiger partial charge < -0.3 is 20.1 Å². The highest BCUT2D eigenvalue weighted by molar-refractivity contribution is 5.99. The topological polar surface area (TPSA) is 104 Å². The number of ether oxygens (including phenoxy) is 2. The van der Waals surface area contributed by atoms with Crippen molar-refractivity contribution < 1.29 is 19.1 Å². The Balaban J connectivity index is 1.47. The van der Waals surface area contributed by atoms with Gasteiger partial charge in [-0.3, -0.25) is 19.9 Å². The van der Waals surface area contributed by atoms with Gasteiger partial charge >= 0.3 is 0 Å². The minimum absolute atomic E-state index is 0.00389. The second kappa shape index (κ2) is 8.63. The summed E-state index contributed by atoms with van der Waals surface area (Å²) >= 11 is 0. The predicted molar refractivity (Wildman–Crippen MR) is 125 cm³/mol. The molecule has 1 aliphatic carbocycles. The van der Waals surface area contributed by atoms with Gasteiger partial charge in [-0.15, -0.1) is 0 Å². The number of methoxy groups -OCH3 is 1. The van der Waals surface area contributed by atoms with E-state index in [4.69, 9.17) is 14.9 Å². The van der Waals surface area contributed by atoms with E-state index < -0.39 is 5.54 Å². The van der Waals surface area contributed by atoms with E-state index in [0.717, 1.165) is 11.3 Å². The monoisotopic (exact) mass is 456 g/mol. The number of rotatable bonds is 7. The lowest BCUT2D eigenvalue weighted by molar-refractivity contribution is -0.133. The number of carbonyl (C=O) groups is 2. The molecular weight excluding hydrogens is 420 g/mol. The summed E-state index contributed by atoms with van der Waals surface area (Å²) in [6, 6.07) is 7.50. The van der Waals surface area contributed by atoms with Crippen LogP contribution in [0.2, 0.25) is 0 Å². The Bertz CT molecular complexity index is 924. The highest BCUT2D eigenvalue weighted by Gasteiger charge is 2.53. The molecule has 2 aliphatic heterocycles. The standard InChI is InChI=1S/C25H36N4O4/c1-24(2)14-21(30)29(23(26)28-24)19(10-11-32-5)16-12-17(16)22(31)27-18-13-25(3,4)33-20-9-7-6-8-15(18)20/h6-9,16-19H,10-14H2,1-5H3,(H2,26,28)(H,27,31)/t16-,17-,18?,19-/m1/s1. The lowest BCUT2D eigenvalue weighted by atomic mass is 9.89. The number of carbonyl (C=O) groups excluding carboxylic acids is 2. The van der Waals surface area contributed by atoms with Gasteiger partial charge in [0.05, 0.1) is 6.04 Å². The molecule has 180 valence electrons. The first-order valence-corrected chi connectivity index (χ1v) is 11.8. The largest absolute Gasteiger partial charge is 0.487 e. The van der Waals surface area contributed by atoms with Crippen LogP contribution in [0.4, 0.5) is 0 Å². The Morgan fingerprint density at radius 1 is 1.33 bits per heavy atom. The lowest BCUT2D eigenvalue weighted by Crippen LogP contribution is -2.63. The van der Waals surface area contributed by atoms with Crippen LogP contribution in [0.15, 0.2) is 24.3 Å². The minimum atomic E-state index is -0.444. The summed E-state index contributed by atoms with van der Waals surface area (Å²) in [4.78, 5) is 27.8. The molecule has 8 nitrogen and oxygen atoms in total. The van der Waals surface area contributed by atoms with Crippen LogP contribution in [-0.4, -0.2) is 53.6 Å². The number of fused-ring (bicyclic) bond motifs is 1. The molecule has 4 atom stereocenters. The summed E-state index contributed by atoms with van der Waals surface area (Å²) < 4.78 is 11.4. The van der Waals surface area contributed by atoms with Gasteiger partial charge in [-0.2, -0.15) is 0 Å². The fraction of sp³-hybridized carbons (Fsp3) is 0.640. The molecule has 1 saturated carbocycles. The molecule has 3 N–H and O–H groups in total. The maximum absolute atomic E-state index is 13.3. The van der Waals surface area contributed by atoms with E-state index in [9.17, 15) is 9.59 Å². The fourth-order valence-electron chi connectivity index (χ4n) is 5.29. The third-order valence-electron chi connectivity index (χ3n) is 6.87. The maximum atomic E-state index is 13.3. The summed E-state index contributed by atoms with van der Waals surface area (Å²) in [6.45, 7) is 8.37. The third-order valence-corrected chi connectivity index (χ3v) is 6.87. The highest BCUT2D eigenvalue weighted by Crippen LogP contribution is 2.46. The summed E-state index contributed by atoms with van der Waals surface area (Å²) in [7, 11) is 1.63. The van der Waals surface area contributed by atoms with E-state index in [1.165, 1.54) is 0 Å². The molecule has 2 heterocycles. The molecule has 4 rings (SSSR count). The molecule has 8 heteroatoms. The van der Waals surface area contributed by atoms with Crippen LogP contribution in [0.3, 0.4) is 0 Å². The SMILES string of the molecule is COCC[C@H]([C@@H]1C[C@H]1C(=O)NC1CC(C)(C)Oc2ccccc21)N1C(=N)NC(C)(C)CC1=O. The van der Waals surface area contributed by atoms with Crippen molar-refractivity contribution in [1.29, 1.82) is 5.41 Å². The summed E-state index contributed by atoms with van der Waals surface area (Å²) in [5.74, 6) is 0.685. The predicted octanol–water partition coefficient (Wildman–Crippen LogP) is 2.98. The Labute approximate surface area is 195 Å². The van der Waals surface area contributed by atoms with Crippen LogP contribution in [0.5, 0.6) is 5.75 Å². The van der Waals surface area contributed by atoms with Gasteiger partial charge in [-0.1, -0.05) is 18.2 Å². The van der Waals surface area contributed by atoms with E-state index in [0.29, 0.717) is 32.3 Å². The average molecular weight is 457 g/mol. The van der Waals surface area contributed by atoms with Crippen molar-refractivity contribution in [2.75, 3.05) is 13.7 Å². The Morgan fingerprint density at radius 3 is 2.76 bits per heavy atom. The van der Waals surface area contributed by atoms with E-state index >= 15 is 0 Å². The van der Waals surface area contributed by atoms with Gasteiger partial charge in [0.25, 0.3) is 0 Å². The molecule has 0 aromatic heterocycles. The number of hydrogen-bond donors (Lipinski definition) is 3. The van der Waals surface area contributed by atoms with Gasteiger partial charge in [-0.25, -0.2) is 0 Å². The zero-order valence-corrected chi connectivity index (χ0v) is 20.2. The molecule has 0 spiro atoms. The van der Waals surface area contributed by atoms with Crippen LogP contribution in [0.25, 0.3) is 0 Å². The number of amides is 2. The summed E-state index contributed by atoms with van der Waals surface area (Å²) in [5.41, 5.74) is 0.182. The van der Waals surface area contributed by atoms with E-state index in [1.54, 1.807) is 12.0 Å². The second-order valence-corrected chi connectivity index (χ2v) is 10.8. The Kier molecular flexibility index (Phi) is 6.16. The van der Waals surface area contributed by atoms with Crippen LogP contribution in [0, 0.1) is 17.2 Å². The van der Waals surface area contributed by atoms with E-state index in [1.807, 2.05) is 52.0 Å². The molecule has 1 aromatic carbocycles. The molecule has 33 heavy (non-hydrogen) atoms. The molecular formula is C25H36N4O4. The quantitative estimate of drug-likeness (QED) is 0.585. The van der Waals surface area contributed by atoms with E-state index in [-0.39, 0.29) is 47.3 Å². The number of hydrogen-bond acceptors (Lipinski definition) is 5. The Hall–Kier alpha value is -2.61. The van der Waals surface area contributed by atoms with Gasteiger partial charge in [0.15, 0.2) is 5.96 Å². The number of guanidine groups is 1. The van der Waals surface area contributed by atoms with Crippen molar-refractivity contribution in [2.24, 2.45) is 11.8 Å². The number of nitrogens with one attached hydrogen (secondary N) is 3. The maximum Gasteiger partial charge on any atom is 0.231 e. The minimum Gasteiger partial charge on any atom is -0.487 e. The van der Waals surface area contributed by atoms with Crippen molar-refractivity contribution in [3.05, 3.63) is 29.8 Å². The molecule has 0 bridgehead atoms. The first kappa shape index (κ1) is 23.5. The number of para-hydroxylation sites is 1. The first-order chi connectivity index (χ1) is 15.5. The molecule has 2 amide bonds. The lowest BCUT2D eigenvalue weighted by Gasteiger charge is -2.42. The smallest absolute Gasteiger partial charge is 0.231 e. The molecule has 1 aromatic rings. The third kappa shape index (κ3) is 5.00. The zero-order chi connectivity index (χ0) is 24.0. The van der Waals surface area contributed by atoms with Crippen LogP contribution >= 0.6 is 0 Å². The van der Waals surface area contributed by atoms with Crippen molar-refractivity contribution >= 4 is 17.8 Å². The molecule has 1 saturated heterocycles. The normalized spacial score (nSPS) is 28.3. The van der Waals surface area contributed by atoms with Gasteiger partial charge in [0.1, 0.15) is 11.4 Å². The first-order valence-electron chi connectivity index (χ1n) is 11.8. The number of benzene rings is 1. The van der Waals surface area contributed by atoms with Crippen molar-refractivity contribution in [3.8, 4) is 5.75 Å². The van der Waals surface area contributed by atoms with E-state index in [2.05, 4.69) is 10.6 Å². The van der Waals surface area contributed by atoms with Gasteiger partial charge in [0, 0.05) is 49.6 Å². The van der Waals surface area contributed by atoms with Crippen LogP contribution < -0.4 is 15.4 Å². The van der Waals surface area contributed by atoms with Gasteiger partial charge in [-0.05, 0) is 52.5 Å². The van der Waals surface area contributed by atoms with Crippen molar-refractivity contribution in [2.45, 2.75) is 76.6 Å². The number of nitrogens with zero attached hydrogens (tertiary/aromatic N) is 1. The summed E-state index contributed by atoms with van der Waals surface area (Å²) in [5, 5.41) is 14.8. The van der Waals surface area contributed by atoms with Crippen molar-refractivity contribution in [1.82, 2.24) is 15.5 Å². The molecule has 0 radical (unpaired) electrons. The highest BCUT2D eigenvalue weighted by atomic mass is 16.5. The fourth-order valence-corrected chi connectivity index (χ4v) is 5.29. The van der Waals surface area contributed by atoms with Crippen LogP contribution in [0.1, 0.15) is 65.0 Å². The summed E-state index contributed by atoms with van der Waals surface area (Å²) in [6.07, 6.45) is 2.30. The molecule has 3 aliphatic rings. The van der Waals surface area contributed by atoms with Crippen LogP contribution in [-0.2, 0) is 14.3 Å². The average Bonchev–Trinajstić information content (AvgIpc) is 3.49. The second-order valence-electron chi connectivity index (χ2n) is 10.8. The zero-order valence-electron chi connectivity index (χ0n) is 20.2. The van der Waals surface area contributed by atoms with Crippen molar-refractivity contribution in [3.63, 3.8) is 0 Å².